The van der Waals surface area contributed by atoms with Crippen LogP contribution in [0.15, 0.2) is 11.4 Å². The molecule has 4 bridgehead atoms. The van der Waals surface area contributed by atoms with Gasteiger partial charge in [0.05, 0.1) is 4.88 Å². The third-order valence-corrected chi connectivity index (χ3v) is 6.61. The Balaban J connectivity index is 1.51. The first-order valence-corrected chi connectivity index (χ1v) is 8.43. The number of thiophene rings is 1. The lowest BCUT2D eigenvalue weighted by molar-refractivity contribution is -0.0119. The zero-order valence-corrected chi connectivity index (χ0v) is 12.2. The van der Waals surface area contributed by atoms with Crippen LogP contribution in [0.4, 0.5) is 0 Å². The number of carbonyl (C=O) groups excluding carboxylic acids is 1. The minimum absolute atomic E-state index is 0.171. The van der Waals surface area contributed by atoms with Gasteiger partial charge in [-0.15, -0.1) is 11.3 Å². The van der Waals surface area contributed by atoms with E-state index >= 15 is 0 Å². The van der Waals surface area contributed by atoms with Gasteiger partial charge >= 0.3 is 0 Å². The van der Waals surface area contributed by atoms with Crippen LogP contribution in [-0.4, -0.2) is 11.9 Å². The fourth-order valence-corrected chi connectivity index (χ4v) is 5.81. The zero-order chi connectivity index (χ0) is 13.0. The molecule has 5 rings (SSSR count). The minimum Gasteiger partial charge on any atom is -0.348 e. The normalized spacial score (nSPS) is 39.5. The van der Waals surface area contributed by atoms with Crippen LogP contribution in [0, 0.1) is 30.6 Å². The monoisotopic (exact) mass is 275 g/mol. The summed E-state index contributed by atoms with van der Waals surface area (Å²) in [5.74, 6) is 3.64. The van der Waals surface area contributed by atoms with Gasteiger partial charge in [-0.1, -0.05) is 0 Å². The van der Waals surface area contributed by atoms with Gasteiger partial charge in [-0.05, 0) is 79.7 Å². The van der Waals surface area contributed by atoms with E-state index in [4.69, 9.17) is 0 Å². The number of aryl methyl sites for hydroxylation is 1. The molecule has 0 aliphatic heterocycles. The Morgan fingerprint density at radius 3 is 2.32 bits per heavy atom. The van der Waals surface area contributed by atoms with Crippen molar-refractivity contribution in [1.29, 1.82) is 0 Å². The summed E-state index contributed by atoms with van der Waals surface area (Å²) in [6.45, 7) is 2.03. The summed E-state index contributed by atoms with van der Waals surface area (Å²) in [6, 6.07) is 2.50. The average molecular weight is 275 g/mol. The number of hydrogen-bond donors (Lipinski definition) is 1. The second-order valence-corrected chi connectivity index (χ2v) is 7.78. The number of hydrogen-bond acceptors (Lipinski definition) is 2. The standard InChI is InChI=1S/C16H21NOS/c1-9-2-3-19-15(9)16(18)17-14-12-5-10-4-11(7-12)8-13(14)6-10/h2-3,10-14H,4-8H2,1H3,(H,17,18). The second-order valence-electron chi connectivity index (χ2n) is 6.86. The second kappa shape index (κ2) is 4.34. The quantitative estimate of drug-likeness (QED) is 0.877. The molecule has 0 spiro atoms. The first-order chi connectivity index (χ1) is 9.20. The third-order valence-electron chi connectivity index (χ3n) is 5.59. The highest BCUT2D eigenvalue weighted by Crippen LogP contribution is 2.53. The van der Waals surface area contributed by atoms with Crippen molar-refractivity contribution < 1.29 is 4.79 Å². The molecule has 4 fully saturated rings. The molecule has 0 saturated heterocycles. The molecule has 2 nitrogen and oxygen atoms in total. The lowest BCUT2D eigenvalue weighted by atomic mass is 9.54. The van der Waals surface area contributed by atoms with Gasteiger partial charge < -0.3 is 5.32 Å². The Morgan fingerprint density at radius 2 is 1.79 bits per heavy atom. The zero-order valence-electron chi connectivity index (χ0n) is 11.4. The SMILES string of the molecule is Cc1ccsc1C(=O)NC1C2CC3CC(C2)CC1C3. The first-order valence-electron chi connectivity index (χ1n) is 7.55. The fraction of sp³-hybridized carbons (Fsp3) is 0.688. The maximum atomic E-state index is 12.4. The molecule has 1 N–H and O–H groups in total. The van der Waals surface area contributed by atoms with Crippen molar-refractivity contribution in [1.82, 2.24) is 5.32 Å². The molecule has 4 saturated carbocycles. The number of rotatable bonds is 2. The van der Waals surface area contributed by atoms with Gasteiger partial charge in [-0.2, -0.15) is 0 Å². The van der Waals surface area contributed by atoms with E-state index in [1.807, 2.05) is 18.4 Å². The first kappa shape index (κ1) is 12.0. The fourth-order valence-electron chi connectivity index (χ4n) is 4.98. The molecule has 1 aromatic rings. The highest BCUT2D eigenvalue weighted by molar-refractivity contribution is 7.12. The maximum absolute atomic E-state index is 12.4. The lowest BCUT2D eigenvalue weighted by Gasteiger charge is -2.54. The van der Waals surface area contributed by atoms with Crippen LogP contribution >= 0.6 is 11.3 Å². The van der Waals surface area contributed by atoms with Gasteiger partial charge in [0.2, 0.25) is 0 Å². The molecule has 19 heavy (non-hydrogen) atoms. The molecular weight excluding hydrogens is 254 g/mol. The predicted octanol–water partition coefficient (Wildman–Crippen LogP) is 3.61. The van der Waals surface area contributed by atoms with Crippen molar-refractivity contribution in [3.63, 3.8) is 0 Å². The molecular formula is C16H21NOS. The van der Waals surface area contributed by atoms with Crippen molar-refractivity contribution in [2.75, 3.05) is 0 Å². The summed E-state index contributed by atoms with van der Waals surface area (Å²) in [7, 11) is 0. The van der Waals surface area contributed by atoms with Gasteiger partial charge in [0.25, 0.3) is 5.91 Å². The van der Waals surface area contributed by atoms with E-state index < -0.39 is 0 Å². The summed E-state index contributed by atoms with van der Waals surface area (Å²) in [5, 5.41) is 5.39. The minimum atomic E-state index is 0.171. The van der Waals surface area contributed by atoms with Crippen molar-refractivity contribution >= 4 is 17.2 Å². The van der Waals surface area contributed by atoms with Crippen LogP contribution in [0.3, 0.4) is 0 Å². The van der Waals surface area contributed by atoms with Gasteiger partial charge in [-0.25, -0.2) is 0 Å². The maximum Gasteiger partial charge on any atom is 0.261 e. The van der Waals surface area contributed by atoms with Gasteiger partial charge in [0.1, 0.15) is 0 Å². The van der Waals surface area contributed by atoms with E-state index in [9.17, 15) is 4.79 Å². The van der Waals surface area contributed by atoms with Crippen LogP contribution in [-0.2, 0) is 0 Å². The Labute approximate surface area is 118 Å². The summed E-state index contributed by atoms with van der Waals surface area (Å²) in [6.07, 6.45) is 6.92. The van der Waals surface area contributed by atoms with Crippen molar-refractivity contribution in [3.8, 4) is 0 Å². The predicted molar refractivity (Wildman–Crippen MR) is 77.4 cm³/mol. The molecule has 0 atom stereocenters. The highest BCUT2D eigenvalue weighted by atomic mass is 32.1. The Kier molecular flexibility index (Phi) is 2.73. The molecule has 3 heteroatoms. The van der Waals surface area contributed by atoms with Crippen molar-refractivity contribution in [2.45, 2.75) is 45.1 Å². The van der Waals surface area contributed by atoms with Crippen LogP contribution in [0.5, 0.6) is 0 Å². The highest BCUT2D eigenvalue weighted by Gasteiger charge is 2.48. The largest absolute Gasteiger partial charge is 0.348 e. The molecule has 4 aliphatic rings. The van der Waals surface area contributed by atoms with Gasteiger partial charge in [-0.3, -0.25) is 4.79 Å². The van der Waals surface area contributed by atoms with Crippen molar-refractivity contribution in [3.05, 3.63) is 21.9 Å². The van der Waals surface area contributed by atoms with Crippen LogP contribution < -0.4 is 5.32 Å². The topological polar surface area (TPSA) is 29.1 Å². The Bertz CT molecular complexity index is 479. The molecule has 102 valence electrons. The van der Waals surface area contributed by atoms with E-state index in [-0.39, 0.29) is 5.91 Å². The van der Waals surface area contributed by atoms with Crippen LogP contribution in [0.1, 0.15) is 47.3 Å². The van der Waals surface area contributed by atoms with Crippen LogP contribution in [0.2, 0.25) is 0 Å². The molecule has 0 aromatic carbocycles. The molecule has 1 heterocycles. The van der Waals surface area contributed by atoms with Gasteiger partial charge in [0.15, 0.2) is 0 Å². The van der Waals surface area contributed by atoms with E-state index in [2.05, 4.69) is 5.32 Å². The summed E-state index contributed by atoms with van der Waals surface area (Å²) in [4.78, 5) is 13.3. The summed E-state index contributed by atoms with van der Waals surface area (Å²) < 4.78 is 0. The van der Waals surface area contributed by atoms with E-state index in [1.165, 1.54) is 32.1 Å². The van der Waals surface area contributed by atoms with E-state index in [0.29, 0.717) is 6.04 Å². The number of amides is 1. The van der Waals surface area contributed by atoms with Crippen LogP contribution in [0.25, 0.3) is 0 Å². The van der Waals surface area contributed by atoms with E-state index in [0.717, 1.165) is 34.1 Å². The molecule has 1 aromatic heterocycles. The van der Waals surface area contributed by atoms with E-state index in [1.54, 1.807) is 11.3 Å². The smallest absolute Gasteiger partial charge is 0.261 e. The number of carbonyl (C=O) groups is 1. The van der Waals surface area contributed by atoms with Gasteiger partial charge in [0, 0.05) is 6.04 Å². The Morgan fingerprint density at radius 1 is 1.16 bits per heavy atom. The van der Waals surface area contributed by atoms with Crippen molar-refractivity contribution in [2.24, 2.45) is 23.7 Å². The summed E-state index contributed by atoms with van der Waals surface area (Å²) >= 11 is 1.57. The summed E-state index contributed by atoms with van der Waals surface area (Å²) in [5.41, 5.74) is 1.12. The number of nitrogens with one attached hydrogen (secondary N) is 1. The lowest BCUT2D eigenvalue weighted by Crippen LogP contribution is -2.55. The molecule has 1 amide bonds. The third kappa shape index (κ3) is 1.94. The molecule has 0 radical (unpaired) electrons. The average Bonchev–Trinajstić information content (AvgIpc) is 2.79. The molecule has 4 aliphatic carbocycles. The molecule has 0 unspecified atom stereocenters. The Hall–Kier alpha value is -0.830.